The number of aliphatic carboxylic acids is 1. The Labute approximate surface area is 206 Å². The van der Waals surface area contributed by atoms with Gasteiger partial charge in [0.05, 0.1) is 12.5 Å². The van der Waals surface area contributed by atoms with Gasteiger partial charge in [-0.05, 0) is 35.6 Å². The van der Waals surface area contributed by atoms with E-state index in [0.717, 1.165) is 35.1 Å². The molecule has 0 heterocycles. The first-order valence-electron chi connectivity index (χ1n) is 12.0. The Hall–Kier alpha value is -3.39. The summed E-state index contributed by atoms with van der Waals surface area (Å²) in [5.41, 5.74) is 4.43. The van der Waals surface area contributed by atoms with Gasteiger partial charge in [-0.3, -0.25) is 9.59 Å². The number of fused-ring (bicyclic) bond motifs is 3. The number of amides is 2. The van der Waals surface area contributed by atoms with Crippen molar-refractivity contribution in [1.29, 1.82) is 0 Å². The lowest BCUT2D eigenvalue weighted by Crippen LogP contribution is -2.55. The number of carboxylic acid groups (broad SMARTS) is 1. The van der Waals surface area contributed by atoms with E-state index in [2.05, 4.69) is 22.8 Å². The van der Waals surface area contributed by atoms with Gasteiger partial charge in [0.2, 0.25) is 5.91 Å². The molecule has 0 aliphatic heterocycles. The minimum absolute atomic E-state index is 0.103. The first-order chi connectivity index (χ1) is 16.8. The van der Waals surface area contributed by atoms with Crippen molar-refractivity contribution in [2.24, 2.45) is 0 Å². The van der Waals surface area contributed by atoms with Gasteiger partial charge in [0.15, 0.2) is 0 Å². The summed E-state index contributed by atoms with van der Waals surface area (Å²) in [5, 5.41) is 14.5. The number of alkyl carbamates (subject to hydrolysis) is 1. The maximum absolute atomic E-state index is 13.0. The van der Waals surface area contributed by atoms with Gasteiger partial charge in [-0.1, -0.05) is 68.3 Å². The minimum atomic E-state index is -1.03. The van der Waals surface area contributed by atoms with E-state index in [-0.39, 0.29) is 18.9 Å². The number of carbonyl (C=O) groups is 3. The monoisotopic (exact) mass is 482 g/mol. The average Bonchev–Trinajstić information content (AvgIpc) is 3.17. The molecule has 0 radical (unpaired) electrons. The quantitative estimate of drug-likeness (QED) is 0.420. The van der Waals surface area contributed by atoms with Gasteiger partial charge in [0.1, 0.15) is 12.6 Å². The van der Waals surface area contributed by atoms with Crippen LogP contribution in [0.2, 0.25) is 0 Å². The van der Waals surface area contributed by atoms with Crippen LogP contribution in [0, 0.1) is 0 Å². The number of carboxylic acids is 1. The Kier molecular flexibility index (Phi) is 9.25. The van der Waals surface area contributed by atoms with Crippen LogP contribution in [0.5, 0.6) is 0 Å². The van der Waals surface area contributed by atoms with Crippen LogP contribution >= 0.6 is 0 Å². The smallest absolute Gasteiger partial charge is 0.407 e. The second-order valence-corrected chi connectivity index (χ2v) is 8.83. The van der Waals surface area contributed by atoms with Crippen molar-refractivity contribution < 1.29 is 29.0 Å². The van der Waals surface area contributed by atoms with Crippen LogP contribution in [0.25, 0.3) is 11.1 Å². The second kappa shape index (κ2) is 12.4. The molecule has 3 N–H and O–H groups in total. The first kappa shape index (κ1) is 26.2. The Bertz CT molecular complexity index is 994. The average molecular weight is 483 g/mol. The van der Waals surface area contributed by atoms with Gasteiger partial charge < -0.3 is 25.2 Å². The summed E-state index contributed by atoms with van der Waals surface area (Å²) in [6, 6.07) is 14.5. The van der Waals surface area contributed by atoms with E-state index in [1.54, 1.807) is 6.92 Å². The number of nitrogens with one attached hydrogen (secondary N) is 2. The van der Waals surface area contributed by atoms with E-state index >= 15 is 0 Å². The van der Waals surface area contributed by atoms with E-state index in [4.69, 9.17) is 9.47 Å². The van der Waals surface area contributed by atoms with E-state index in [1.165, 1.54) is 7.11 Å². The van der Waals surface area contributed by atoms with Crippen molar-refractivity contribution in [3.63, 3.8) is 0 Å². The molecule has 2 aromatic carbocycles. The van der Waals surface area contributed by atoms with Crippen LogP contribution in [-0.4, -0.2) is 55.0 Å². The summed E-state index contributed by atoms with van der Waals surface area (Å²) < 4.78 is 10.9. The van der Waals surface area contributed by atoms with Gasteiger partial charge in [-0.2, -0.15) is 0 Å². The summed E-state index contributed by atoms with van der Waals surface area (Å²) in [7, 11) is 1.44. The van der Waals surface area contributed by atoms with Gasteiger partial charge in [0.25, 0.3) is 0 Å². The molecule has 0 aromatic heterocycles. The highest BCUT2D eigenvalue weighted by atomic mass is 16.5. The maximum atomic E-state index is 13.0. The number of ether oxygens (including phenoxy) is 2. The normalized spacial score (nSPS) is 14.8. The molecule has 1 aliphatic rings. The Morgan fingerprint density at radius 1 is 1.00 bits per heavy atom. The first-order valence-corrected chi connectivity index (χ1v) is 12.0. The third-order valence-electron chi connectivity index (χ3n) is 6.41. The van der Waals surface area contributed by atoms with E-state index < -0.39 is 36.2 Å². The zero-order chi connectivity index (χ0) is 25.4. The van der Waals surface area contributed by atoms with E-state index in [1.807, 2.05) is 43.3 Å². The van der Waals surface area contributed by atoms with Crippen molar-refractivity contribution in [3.05, 3.63) is 59.7 Å². The zero-order valence-corrected chi connectivity index (χ0v) is 20.5. The van der Waals surface area contributed by atoms with Crippen LogP contribution in [0.15, 0.2) is 48.5 Å². The summed E-state index contributed by atoms with van der Waals surface area (Å²) in [4.78, 5) is 36.9. The summed E-state index contributed by atoms with van der Waals surface area (Å²) in [6.07, 6.45) is 0.620. The topological polar surface area (TPSA) is 114 Å². The standard InChI is InChI=1S/C27H34N2O6/c1-4-5-10-18(15-24(30)31)28-26(32)25(17(2)34-3)29-27(33)35-16-23-21-13-8-6-11-19(21)20-12-7-9-14-22(20)23/h6-9,11-14,17-18,23,25H,4-5,10,15-16H2,1-3H3,(H,28,32)(H,29,33)(H,30,31)/t17-,18-,25+/m1/s1. The van der Waals surface area contributed by atoms with Gasteiger partial charge >= 0.3 is 12.1 Å². The molecule has 3 atom stereocenters. The fourth-order valence-corrected chi connectivity index (χ4v) is 4.48. The Morgan fingerprint density at radius 3 is 2.14 bits per heavy atom. The third-order valence-corrected chi connectivity index (χ3v) is 6.41. The third kappa shape index (κ3) is 6.60. The SMILES string of the molecule is CCCC[C@H](CC(=O)O)NC(=O)[C@@H](NC(=O)OCC1c2ccccc2-c2ccccc21)[C@@H](C)OC. The van der Waals surface area contributed by atoms with Gasteiger partial charge in [-0.15, -0.1) is 0 Å². The van der Waals surface area contributed by atoms with E-state index in [9.17, 15) is 19.5 Å². The number of benzene rings is 2. The maximum Gasteiger partial charge on any atom is 0.407 e. The lowest BCUT2D eigenvalue weighted by molar-refractivity contribution is -0.138. The Balaban J connectivity index is 1.66. The van der Waals surface area contributed by atoms with Crippen LogP contribution in [0.3, 0.4) is 0 Å². The molecule has 0 fully saturated rings. The molecule has 8 heteroatoms. The molecule has 0 bridgehead atoms. The lowest BCUT2D eigenvalue weighted by atomic mass is 9.98. The number of hydrogen-bond donors (Lipinski definition) is 3. The molecule has 0 saturated carbocycles. The summed E-state index contributed by atoms with van der Waals surface area (Å²) in [5.74, 6) is -1.60. The number of hydrogen-bond acceptors (Lipinski definition) is 5. The van der Waals surface area contributed by atoms with Crippen molar-refractivity contribution in [2.45, 2.75) is 63.6 Å². The molecule has 8 nitrogen and oxygen atoms in total. The molecule has 0 unspecified atom stereocenters. The zero-order valence-electron chi connectivity index (χ0n) is 20.5. The van der Waals surface area contributed by atoms with E-state index in [0.29, 0.717) is 6.42 Å². The van der Waals surface area contributed by atoms with Crippen LogP contribution in [0.1, 0.15) is 56.6 Å². The van der Waals surface area contributed by atoms with Crippen molar-refractivity contribution in [2.75, 3.05) is 13.7 Å². The van der Waals surface area contributed by atoms with Crippen molar-refractivity contribution >= 4 is 18.0 Å². The molecule has 188 valence electrons. The summed E-state index contributed by atoms with van der Waals surface area (Å²) >= 11 is 0. The molecule has 0 spiro atoms. The molecular formula is C27H34N2O6. The number of unbranched alkanes of at least 4 members (excludes halogenated alkanes) is 1. The lowest BCUT2D eigenvalue weighted by Gasteiger charge is -2.26. The molecule has 1 aliphatic carbocycles. The highest BCUT2D eigenvalue weighted by Gasteiger charge is 2.32. The minimum Gasteiger partial charge on any atom is -0.481 e. The predicted molar refractivity (Wildman–Crippen MR) is 132 cm³/mol. The molecule has 2 amide bonds. The molecule has 3 rings (SSSR count). The highest BCUT2D eigenvalue weighted by Crippen LogP contribution is 2.44. The number of rotatable bonds is 12. The fraction of sp³-hybridized carbons (Fsp3) is 0.444. The van der Waals surface area contributed by atoms with Crippen LogP contribution < -0.4 is 10.6 Å². The van der Waals surface area contributed by atoms with Gasteiger partial charge in [-0.25, -0.2) is 4.79 Å². The van der Waals surface area contributed by atoms with Crippen LogP contribution in [-0.2, 0) is 19.1 Å². The molecule has 0 saturated heterocycles. The molecular weight excluding hydrogens is 448 g/mol. The highest BCUT2D eigenvalue weighted by molar-refractivity contribution is 5.87. The largest absolute Gasteiger partial charge is 0.481 e. The van der Waals surface area contributed by atoms with Crippen molar-refractivity contribution in [3.8, 4) is 11.1 Å². The fourth-order valence-electron chi connectivity index (χ4n) is 4.48. The number of methoxy groups -OCH3 is 1. The number of carbonyl (C=O) groups excluding carboxylic acids is 2. The molecule has 35 heavy (non-hydrogen) atoms. The molecule has 2 aromatic rings. The van der Waals surface area contributed by atoms with Crippen LogP contribution in [0.4, 0.5) is 4.79 Å². The summed E-state index contributed by atoms with van der Waals surface area (Å²) in [6.45, 7) is 3.77. The van der Waals surface area contributed by atoms with Crippen molar-refractivity contribution in [1.82, 2.24) is 10.6 Å². The second-order valence-electron chi connectivity index (χ2n) is 8.83. The van der Waals surface area contributed by atoms with Gasteiger partial charge in [0, 0.05) is 19.1 Å². The predicted octanol–water partition coefficient (Wildman–Crippen LogP) is 4.08. The Morgan fingerprint density at radius 2 is 1.60 bits per heavy atom.